The minimum Gasteiger partial charge on any atom is -0.337 e. The van der Waals surface area contributed by atoms with E-state index in [1.54, 1.807) is 29.2 Å². The number of amides is 1. The minimum absolute atomic E-state index is 0. The molecular formula is C17H23ClN4O3. The molecule has 0 saturated carbocycles. The lowest BCUT2D eigenvalue weighted by Gasteiger charge is -2.38. The Kier molecular flexibility index (Phi) is 6.02. The normalized spacial score (nSPS) is 18.6. The number of hydrogen-bond donors (Lipinski definition) is 2. The molecule has 2 atom stereocenters. The van der Waals surface area contributed by atoms with E-state index in [4.69, 9.17) is 5.73 Å². The molecule has 2 aromatic rings. The van der Waals surface area contributed by atoms with Crippen molar-refractivity contribution in [2.24, 2.45) is 5.73 Å². The topological polar surface area (TPSA) is 101 Å². The Labute approximate surface area is 151 Å². The zero-order chi connectivity index (χ0) is 17.3. The van der Waals surface area contributed by atoms with Crippen molar-refractivity contribution >= 4 is 29.2 Å². The summed E-state index contributed by atoms with van der Waals surface area (Å²) in [5.41, 5.74) is 5.45. The first kappa shape index (κ1) is 19.2. The molecule has 25 heavy (non-hydrogen) atoms. The van der Waals surface area contributed by atoms with Gasteiger partial charge >= 0.3 is 5.69 Å². The van der Waals surface area contributed by atoms with Crippen LogP contribution in [0.15, 0.2) is 33.9 Å². The molecule has 2 heterocycles. The number of para-hydroxylation sites is 1. The molecule has 0 bridgehead atoms. The van der Waals surface area contributed by atoms with E-state index in [0.29, 0.717) is 17.4 Å². The Morgan fingerprint density at radius 1 is 1.32 bits per heavy atom. The summed E-state index contributed by atoms with van der Waals surface area (Å²) in [6.45, 7) is 2.23. The van der Waals surface area contributed by atoms with Crippen LogP contribution in [0.25, 0.3) is 10.9 Å². The Balaban J connectivity index is 0.00000225. The van der Waals surface area contributed by atoms with Crippen LogP contribution in [-0.4, -0.2) is 39.0 Å². The largest absolute Gasteiger partial charge is 0.337 e. The van der Waals surface area contributed by atoms with E-state index in [0.717, 1.165) is 23.8 Å². The number of nitrogens with one attached hydrogen (secondary N) is 1. The third-order valence-electron chi connectivity index (χ3n) is 4.66. The second-order valence-electron chi connectivity index (χ2n) is 6.38. The number of carbonyl (C=O) groups is 1. The molecule has 3 rings (SSSR count). The summed E-state index contributed by atoms with van der Waals surface area (Å²) in [6.07, 6.45) is 2.80. The monoisotopic (exact) mass is 366 g/mol. The van der Waals surface area contributed by atoms with Crippen molar-refractivity contribution in [1.29, 1.82) is 0 Å². The fourth-order valence-corrected chi connectivity index (χ4v) is 3.38. The van der Waals surface area contributed by atoms with Crippen LogP contribution in [0.3, 0.4) is 0 Å². The molecule has 3 N–H and O–H groups in total. The molecule has 1 fully saturated rings. The smallest absolute Gasteiger partial charge is 0.329 e. The molecular weight excluding hydrogens is 344 g/mol. The third-order valence-corrected chi connectivity index (χ3v) is 4.66. The lowest BCUT2D eigenvalue weighted by Crippen LogP contribution is -2.53. The molecule has 1 aromatic heterocycles. The molecule has 0 spiro atoms. The Bertz CT molecular complexity index is 874. The summed E-state index contributed by atoms with van der Waals surface area (Å²) < 4.78 is 0.970. The van der Waals surface area contributed by atoms with E-state index in [9.17, 15) is 14.4 Å². The van der Waals surface area contributed by atoms with Gasteiger partial charge in [0.1, 0.15) is 6.54 Å². The van der Waals surface area contributed by atoms with Gasteiger partial charge in [-0.3, -0.25) is 14.2 Å². The van der Waals surface area contributed by atoms with Crippen molar-refractivity contribution in [3.05, 3.63) is 45.1 Å². The van der Waals surface area contributed by atoms with Gasteiger partial charge in [0, 0.05) is 18.6 Å². The van der Waals surface area contributed by atoms with E-state index in [-0.39, 0.29) is 36.9 Å². The van der Waals surface area contributed by atoms with Gasteiger partial charge in [0.05, 0.1) is 10.9 Å². The number of benzene rings is 1. The van der Waals surface area contributed by atoms with Crippen molar-refractivity contribution in [3.63, 3.8) is 0 Å². The summed E-state index contributed by atoms with van der Waals surface area (Å²) in [5.74, 6) is -0.236. The van der Waals surface area contributed by atoms with Gasteiger partial charge in [0.15, 0.2) is 0 Å². The van der Waals surface area contributed by atoms with Crippen LogP contribution in [0, 0.1) is 0 Å². The zero-order valence-electron chi connectivity index (χ0n) is 14.1. The van der Waals surface area contributed by atoms with Crippen molar-refractivity contribution in [2.75, 3.05) is 6.54 Å². The summed E-state index contributed by atoms with van der Waals surface area (Å²) >= 11 is 0. The molecule has 0 radical (unpaired) electrons. The molecule has 1 aliphatic heterocycles. The zero-order valence-corrected chi connectivity index (χ0v) is 14.9. The van der Waals surface area contributed by atoms with E-state index >= 15 is 0 Å². The Morgan fingerprint density at radius 3 is 2.76 bits per heavy atom. The first-order valence-corrected chi connectivity index (χ1v) is 8.26. The quantitative estimate of drug-likeness (QED) is 0.840. The number of likely N-dealkylation sites (tertiary alicyclic amines) is 1. The molecule has 1 saturated heterocycles. The molecule has 1 aromatic carbocycles. The number of fused-ring (bicyclic) bond motifs is 1. The van der Waals surface area contributed by atoms with Gasteiger partial charge in [0.2, 0.25) is 5.91 Å². The van der Waals surface area contributed by atoms with Crippen LogP contribution in [0.2, 0.25) is 0 Å². The van der Waals surface area contributed by atoms with Gasteiger partial charge in [-0.05, 0) is 38.3 Å². The van der Waals surface area contributed by atoms with Crippen LogP contribution in [0.4, 0.5) is 0 Å². The van der Waals surface area contributed by atoms with Gasteiger partial charge in [-0.2, -0.15) is 0 Å². The van der Waals surface area contributed by atoms with Gasteiger partial charge in [-0.1, -0.05) is 12.1 Å². The van der Waals surface area contributed by atoms with E-state index in [1.807, 2.05) is 6.92 Å². The second kappa shape index (κ2) is 7.84. The highest BCUT2D eigenvalue weighted by Crippen LogP contribution is 2.19. The lowest BCUT2D eigenvalue weighted by atomic mass is 9.97. The number of aromatic amines is 1. The molecule has 1 aliphatic rings. The fourth-order valence-electron chi connectivity index (χ4n) is 3.38. The summed E-state index contributed by atoms with van der Waals surface area (Å²) in [7, 11) is 0. The van der Waals surface area contributed by atoms with Crippen molar-refractivity contribution < 1.29 is 4.79 Å². The first-order chi connectivity index (χ1) is 11.5. The second-order valence-corrected chi connectivity index (χ2v) is 6.38. The number of aromatic nitrogens is 2. The number of piperidine rings is 1. The number of rotatable bonds is 3. The van der Waals surface area contributed by atoms with Gasteiger partial charge in [-0.15, -0.1) is 12.4 Å². The molecule has 0 aliphatic carbocycles. The number of carbonyl (C=O) groups excluding carboxylic acids is 1. The standard InChI is InChI=1S/C17H22N4O3.ClH/c1-11(18)14-8-4-5-9-20(14)15(22)10-21-16(23)12-6-2-3-7-13(12)19-17(21)24;/h2-3,6-7,11,14H,4-5,8-10,18H2,1H3,(H,19,24);1H. The van der Waals surface area contributed by atoms with E-state index in [2.05, 4.69) is 4.98 Å². The highest BCUT2D eigenvalue weighted by Gasteiger charge is 2.29. The van der Waals surface area contributed by atoms with Crippen LogP contribution in [0.1, 0.15) is 26.2 Å². The van der Waals surface area contributed by atoms with Gasteiger partial charge < -0.3 is 15.6 Å². The maximum Gasteiger partial charge on any atom is 0.329 e. The fraction of sp³-hybridized carbons (Fsp3) is 0.471. The summed E-state index contributed by atoms with van der Waals surface area (Å²) in [4.78, 5) is 41.8. The maximum atomic E-state index is 12.7. The molecule has 7 nitrogen and oxygen atoms in total. The number of H-pyrrole nitrogens is 1. The summed E-state index contributed by atoms with van der Waals surface area (Å²) in [5, 5.41) is 0.396. The number of halogens is 1. The average Bonchev–Trinajstić information content (AvgIpc) is 2.58. The van der Waals surface area contributed by atoms with Crippen molar-refractivity contribution in [1.82, 2.24) is 14.5 Å². The molecule has 1 amide bonds. The number of hydrogen-bond acceptors (Lipinski definition) is 4. The molecule has 136 valence electrons. The molecule has 8 heteroatoms. The predicted molar refractivity (Wildman–Crippen MR) is 99.1 cm³/mol. The van der Waals surface area contributed by atoms with Crippen LogP contribution < -0.4 is 17.0 Å². The Hall–Kier alpha value is -2.12. The predicted octanol–water partition coefficient (Wildman–Crippen LogP) is 0.840. The highest BCUT2D eigenvalue weighted by molar-refractivity contribution is 5.85. The van der Waals surface area contributed by atoms with E-state index < -0.39 is 11.2 Å². The van der Waals surface area contributed by atoms with Crippen LogP contribution in [0.5, 0.6) is 0 Å². The van der Waals surface area contributed by atoms with Gasteiger partial charge in [0.25, 0.3) is 5.56 Å². The average molecular weight is 367 g/mol. The summed E-state index contributed by atoms with van der Waals surface area (Å²) in [6, 6.07) is 6.60. The SMILES string of the molecule is CC(N)C1CCCCN1C(=O)Cn1c(=O)[nH]c2ccccc2c1=O.Cl. The Morgan fingerprint density at radius 2 is 2.04 bits per heavy atom. The first-order valence-electron chi connectivity index (χ1n) is 8.26. The lowest BCUT2D eigenvalue weighted by molar-refractivity contribution is -0.136. The van der Waals surface area contributed by atoms with Crippen molar-refractivity contribution in [3.8, 4) is 0 Å². The maximum absolute atomic E-state index is 12.7. The van der Waals surface area contributed by atoms with Crippen LogP contribution >= 0.6 is 12.4 Å². The van der Waals surface area contributed by atoms with Crippen LogP contribution in [-0.2, 0) is 11.3 Å². The van der Waals surface area contributed by atoms with Gasteiger partial charge in [-0.25, -0.2) is 4.79 Å². The van der Waals surface area contributed by atoms with E-state index in [1.165, 1.54) is 0 Å². The molecule has 2 unspecified atom stereocenters. The number of nitrogens with two attached hydrogens (primary N) is 1. The highest BCUT2D eigenvalue weighted by atomic mass is 35.5. The third kappa shape index (κ3) is 3.77. The minimum atomic E-state index is -0.568. The van der Waals surface area contributed by atoms with Crippen molar-refractivity contribution in [2.45, 2.75) is 44.8 Å². The number of nitrogens with zero attached hydrogens (tertiary/aromatic N) is 2.